The third-order valence-corrected chi connectivity index (χ3v) is 2.56. The van der Waals surface area contributed by atoms with Crippen molar-refractivity contribution in [3.05, 3.63) is 35.9 Å². The zero-order valence-electron chi connectivity index (χ0n) is 11.3. The summed E-state index contributed by atoms with van der Waals surface area (Å²) in [5.74, 6) is -0.528. The summed E-state index contributed by atoms with van der Waals surface area (Å²) in [7, 11) is 0. The van der Waals surface area contributed by atoms with Crippen molar-refractivity contribution in [2.24, 2.45) is 0 Å². The van der Waals surface area contributed by atoms with Crippen molar-refractivity contribution in [1.82, 2.24) is 0 Å². The van der Waals surface area contributed by atoms with Crippen LogP contribution in [0.5, 0.6) is 0 Å². The smallest absolute Gasteiger partial charge is 0.305 e. The van der Waals surface area contributed by atoms with Crippen LogP contribution in [-0.4, -0.2) is 25.2 Å². The summed E-state index contributed by atoms with van der Waals surface area (Å²) in [5.41, 5.74) is 1.14. The second kappa shape index (κ2) is 9.14. The molecule has 0 fully saturated rings. The van der Waals surface area contributed by atoms with Gasteiger partial charge in [0.2, 0.25) is 0 Å². The number of hydrogen-bond donors (Lipinski definition) is 0. The zero-order valence-corrected chi connectivity index (χ0v) is 11.3. The Morgan fingerprint density at radius 1 is 1.00 bits per heavy atom. The summed E-state index contributed by atoms with van der Waals surface area (Å²) in [6.07, 6.45) is 1.71. The van der Waals surface area contributed by atoms with Gasteiger partial charge < -0.3 is 9.47 Å². The van der Waals surface area contributed by atoms with Crippen molar-refractivity contribution in [2.75, 3.05) is 13.2 Å². The standard InChI is InChI=1S/C15H20O4/c1-2-18-14(16)9-6-10-15(17)19-12-11-13-7-4-3-5-8-13/h3-5,7-8H,2,6,9-12H2,1H3. The highest BCUT2D eigenvalue weighted by atomic mass is 16.5. The molecule has 0 saturated heterocycles. The molecule has 0 N–H and O–H groups in total. The molecule has 1 aromatic rings. The van der Waals surface area contributed by atoms with Gasteiger partial charge >= 0.3 is 11.9 Å². The highest BCUT2D eigenvalue weighted by Gasteiger charge is 2.06. The molecule has 1 aromatic carbocycles. The number of carbonyl (C=O) groups excluding carboxylic acids is 2. The molecule has 0 amide bonds. The molecule has 19 heavy (non-hydrogen) atoms. The summed E-state index contributed by atoms with van der Waals surface area (Å²) >= 11 is 0. The van der Waals surface area contributed by atoms with E-state index in [-0.39, 0.29) is 24.8 Å². The van der Waals surface area contributed by atoms with E-state index in [1.807, 2.05) is 30.3 Å². The van der Waals surface area contributed by atoms with Gasteiger partial charge in [-0.05, 0) is 18.9 Å². The van der Waals surface area contributed by atoms with Crippen LogP contribution < -0.4 is 0 Å². The first kappa shape index (κ1) is 15.2. The highest BCUT2D eigenvalue weighted by molar-refractivity contribution is 5.72. The first-order valence-corrected chi connectivity index (χ1v) is 6.57. The van der Waals surface area contributed by atoms with E-state index < -0.39 is 0 Å². The fourth-order valence-corrected chi connectivity index (χ4v) is 1.61. The average molecular weight is 264 g/mol. The minimum absolute atomic E-state index is 0.258. The lowest BCUT2D eigenvalue weighted by Crippen LogP contribution is -2.09. The van der Waals surface area contributed by atoms with Crippen molar-refractivity contribution < 1.29 is 19.1 Å². The van der Waals surface area contributed by atoms with Crippen LogP contribution in [0.2, 0.25) is 0 Å². The van der Waals surface area contributed by atoms with E-state index in [2.05, 4.69) is 0 Å². The number of esters is 2. The number of rotatable bonds is 8. The van der Waals surface area contributed by atoms with Crippen LogP contribution in [0.1, 0.15) is 31.7 Å². The number of hydrogen-bond acceptors (Lipinski definition) is 4. The Bertz CT molecular complexity index is 386. The van der Waals surface area contributed by atoms with E-state index in [1.165, 1.54) is 0 Å². The molecule has 0 aliphatic rings. The maximum atomic E-state index is 11.4. The Labute approximate surface area is 113 Å². The summed E-state index contributed by atoms with van der Waals surface area (Å²) in [6.45, 7) is 2.51. The minimum Gasteiger partial charge on any atom is -0.466 e. The van der Waals surface area contributed by atoms with Crippen LogP contribution in [0.25, 0.3) is 0 Å². The SMILES string of the molecule is CCOC(=O)CCCC(=O)OCCc1ccccc1. The van der Waals surface area contributed by atoms with E-state index in [1.54, 1.807) is 6.92 Å². The molecule has 0 aliphatic heterocycles. The van der Waals surface area contributed by atoms with Gasteiger partial charge in [0.1, 0.15) is 0 Å². The second-order valence-electron chi connectivity index (χ2n) is 4.11. The zero-order chi connectivity index (χ0) is 13.9. The predicted molar refractivity (Wildman–Crippen MR) is 71.6 cm³/mol. The monoisotopic (exact) mass is 264 g/mol. The second-order valence-corrected chi connectivity index (χ2v) is 4.11. The molecule has 0 aliphatic carbocycles. The molecule has 0 radical (unpaired) electrons. The van der Waals surface area contributed by atoms with Crippen molar-refractivity contribution in [2.45, 2.75) is 32.6 Å². The Hall–Kier alpha value is -1.84. The topological polar surface area (TPSA) is 52.6 Å². The lowest BCUT2D eigenvalue weighted by Gasteiger charge is -2.05. The molecule has 0 heterocycles. The molecule has 0 bridgehead atoms. The van der Waals surface area contributed by atoms with Gasteiger partial charge in [-0.3, -0.25) is 9.59 Å². The Balaban J connectivity index is 2.07. The number of ether oxygens (including phenoxy) is 2. The van der Waals surface area contributed by atoms with E-state index >= 15 is 0 Å². The van der Waals surface area contributed by atoms with Crippen LogP contribution in [0, 0.1) is 0 Å². The minimum atomic E-state index is -0.264. The van der Waals surface area contributed by atoms with E-state index in [0.29, 0.717) is 26.1 Å². The third-order valence-electron chi connectivity index (χ3n) is 2.56. The molecular weight excluding hydrogens is 244 g/mol. The molecule has 0 spiro atoms. The van der Waals surface area contributed by atoms with Crippen molar-refractivity contribution in [3.63, 3.8) is 0 Å². The summed E-state index contributed by atoms with van der Waals surface area (Å²) in [4.78, 5) is 22.4. The highest BCUT2D eigenvalue weighted by Crippen LogP contribution is 2.02. The summed E-state index contributed by atoms with van der Waals surface area (Å²) in [5, 5.41) is 0. The molecule has 0 atom stereocenters. The van der Waals surface area contributed by atoms with Crippen LogP contribution in [0.4, 0.5) is 0 Å². The maximum Gasteiger partial charge on any atom is 0.305 e. The fraction of sp³-hybridized carbons (Fsp3) is 0.467. The van der Waals surface area contributed by atoms with Gasteiger partial charge in [0.05, 0.1) is 13.2 Å². The predicted octanol–water partition coefficient (Wildman–Crippen LogP) is 2.51. The Kier molecular flexibility index (Phi) is 7.32. The van der Waals surface area contributed by atoms with Crippen molar-refractivity contribution >= 4 is 11.9 Å². The van der Waals surface area contributed by atoms with Gasteiger partial charge in [0.25, 0.3) is 0 Å². The van der Waals surface area contributed by atoms with E-state index in [0.717, 1.165) is 5.56 Å². The van der Waals surface area contributed by atoms with Gasteiger partial charge in [-0.25, -0.2) is 0 Å². The normalized spacial score (nSPS) is 9.95. The van der Waals surface area contributed by atoms with Crippen LogP contribution in [0.15, 0.2) is 30.3 Å². The van der Waals surface area contributed by atoms with Crippen LogP contribution in [0.3, 0.4) is 0 Å². The molecule has 0 saturated carbocycles. The lowest BCUT2D eigenvalue weighted by atomic mass is 10.2. The molecular formula is C15H20O4. The average Bonchev–Trinajstić information content (AvgIpc) is 2.40. The van der Waals surface area contributed by atoms with E-state index in [9.17, 15) is 9.59 Å². The van der Waals surface area contributed by atoms with Gasteiger partial charge in [-0.1, -0.05) is 30.3 Å². The number of benzene rings is 1. The largest absolute Gasteiger partial charge is 0.466 e. The molecule has 4 heteroatoms. The fourth-order valence-electron chi connectivity index (χ4n) is 1.61. The molecule has 0 unspecified atom stereocenters. The van der Waals surface area contributed by atoms with Crippen molar-refractivity contribution in [1.29, 1.82) is 0 Å². The third kappa shape index (κ3) is 7.24. The molecule has 1 rings (SSSR count). The van der Waals surface area contributed by atoms with Gasteiger partial charge in [-0.15, -0.1) is 0 Å². The quantitative estimate of drug-likeness (QED) is 0.677. The lowest BCUT2D eigenvalue weighted by molar-refractivity contribution is -0.145. The Morgan fingerprint density at radius 2 is 1.63 bits per heavy atom. The van der Waals surface area contributed by atoms with Gasteiger partial charge in [0.15, 0.2) is 0 Å². The van der Waals surface area contributed by atoms with Gasteiger partial charge in [-0.2, -0.15) is 0 Å². The van der Waals surface area contributed by atoms with Crippen molar-refractivity contribution in [3.8, 4) is 0 Å². The molecule has 0 aromatic heterocycles. The van der Waals surface area contributed by atoms with E-state index in [4.69, 9.17) is 9.47 Å². The Morgan fingerprint density at radius 3 is 2.26 bits per heavy atom. The van der Waals surface area contributed by atoms with Crippen LogP contribution >= 0.6 is 0 Å². The summed E-state index contributed by atoms with van der Waals surface area (Å²) < 4.78 is 9.87. The van der Waals surface area contributed by atoms with Crippen LogP contribution in [-0.2, 0) is 25.5 Å². The maximum absolute atomic E-state index is 11.4. The molecule has 104 valence electrons. The number of carbonyl (C=O) groups is 2. The first-order valence-electron chi connectivity index (χ1n) is 6.57. The first-order chi connectivity index (χ1) is 9.22. The molecule has 4 nitrogen and oxygen atoms in total. The van der Waals surface area contributed by atoms with Gasteiger partial charge in [0, 0.05) is 19.3 Å². The summed E-state index contributed by atoms with van der Waals surface area (Å²) in [6, 6.07) is 9.85.